The number of benzene rings is 2. The quantitative estimate of drug-likeness (QED) is 0.579. The van der Waals surface area contributed by atoms with Gasteiger partial charge in [-0.1, -0.05) is 81.1 Å². The van der Waals surface area contributed by atoms with Crippen LogP contribution in [-0.2, 0) is 0 Å². The van der Waals surface area contributed by atoms with Crippen molar-refractivity contribution in [1.82, 2.24) is 5.32 Å². The van der Waals surface area contributed by atoms with Crippen molar-refractivity contribution in [3.05, 3.63) is 70.8 Å². The molecule has 2 aromatic rings. The Kier molecular flexibility index (Phi) is 14.0. The van der Waals surface area contributed by atoms with E-state index in [1.165, 1.54) is 42.6 Å². The molecule has 0 saturated carbocycles. The van der Waals surface area contributed by atoms with Crippen LogP contribution < -0.4 is 5.32 Å². The number of nitrogens with one attached hydrogen (secondary N) is 1. The van der Waals surface area contributed by atoms with Crippen molar-refractivity contribution in [3.8, 4) is 12.3 Å². The lowest BCUT2D eigenvalue weighted by Crippen LogP contribution is -2.26. The molecular formula is C25H37N. The lowest BCUT2D eigenvalue weighted by Gasteiger charge is -2.22. The first-order chi connectivity index (χ1) is 12.7. The van der Waals surface area contributed by atoms with Gasteiger partial charge in [-0.3, -0.25) is 0 Å². The van der Waals surface area contributed by atoms with Crippen LogP contribution in [-0.4, -0.2) is 13.1 Å². The molecule has 3 rings (SSSR count). The Hall–Kier alpha value is -2.04. The molecule has 1 saturated heterocycles. The molecule has 1 aliphatic rings. The average Bonchev–Trinajstić information content (AvgIpc) is 2.73. The Morgan fingerprint density at radius 1 is 0.769 bits per heavy atom. The van der Waals surface area contributed by atoms with E-state index in [2.05, 4.69) is 42.4 Å². The lowest BCUT2D eigenvalue weighted by molar-refractivity contribution is 0.460. The van der Waals surface area contributed by atoms with Crippen molar-refractivity contribution in [2.24, 2.45) is 0 Å². The van der Waals surface area contributed by atoms with Crippen molar-refractivity contribution in [2.45, 2.75) is 60.3 Å². The van der Waals surface area contributed by atoms with Gasteiger partial charge in [0, 0.05) is 5.56 Å². The first-order valence-corrected chi connectivity index (χ1v) is 9.99. The normalized spacial score (nSPS) is 12.8. The minimum atomic E-state index is 0.793. The van der Waals surface area contributed by atoms with Gasteiger partial charge in [-0.25, -0.2) is 0 Å². The second kappa shape index (κ2) is 15.2. The molecule has 1 heteroatoms. The van der Waals surface area contributed by atoms with E-state index >= 15 is 0 Å². The SMILES string of the molecule is C#Cc1ccc(C)cc1.CC.CC.Cc1ccc(C2CCNCC2)cc1. The molecule has 1 nitrogen and oxygen atoms in total. The molecule has 1 heterocycles. The number of piperidine rings is 1. The van der Waals surface area contributed by atoms with Crippen molar-refractivity contribution in [2.75, 3.05) is 13.1 Å². The second-order valence-electron chi connectivity index (χ2n) is 5.95. The fourth-order valence-electron chi connectivity index (χ4n) is 2.64. The van der Waals surface area contributed by atoms with Crippen molar-refractivity contribution < 1.29 is 0 Å². The maximum Gasteiger partial charge on any atom is 0.0242 e. The van der Waals surface area contributed by atoms with Crippen LogP contribution in [0.25, 0.3) is 0 Å². The first-order valence-electron chi connectivity index (χ1n) is 9.99. The molecule has 0 bridgehead atoms. The molecule has 2 aromatic carbocycles. The van der Waals surface area contributed by atoms with E-state index in [4.69, 9.17) is 6.42 Å². The third-order valence-corrected chi connectivity index (χ3v) is 4.11. The summed E-state index contributed by atoms with van der Waals surface area (Å²) < 4.78 is 0. The Morgan fingerprint density at radius 3 is 1.62 bits per heavy atom. The number of rotatable bonds is 1. The number of terminal acetylenes is 1. The van der Waals surface area contributed by atoms with Crippen molar-refractivity contribution in [3.63, 3.8) is 0 Å². The van der Waals surface area contributed by atoms with Crippen LogP contribution in [0.3, 0.4) is 0 Å². The van der Waals surface area contributed by atoms with Crippen LogP contribution in [0.2, 0.25) is 0 Å². The molecule has 0 radical (unpaired) electrons. The predicted molar refractivity (Wildman–Crippen MR) is 118 cm³/mol. The van der Waals surface area contributed by atoms with E-state index in [-0.39, 0.29) is 0 Å². The molecule has 0 aromatic heterocycles. The minimum Gasteiger partial charge on any atom is -0.317 e. The summed E-state index contributed by atoms with van der Waals surface area (Å²) in [6.07, 6.45) is 7.74. The van der Waals surface area contributed by atoms with Crippen LogP contribution in [0.4, 0.5) is 0 Å². The van der Waals surface area contributed by atoms with Crippen LogP contribution in [0.15, 0.2) is 48.5 Å². The minimum absolute atomic E-state index is 0.793. The van der Waals surface area contributed by atoms with Crippen molar-refractivity contribution >= 4 is 0 Å². The van der Waals surface area contributed by atoms with Crippen LogP contribution in [0, 0.1) is 26.2 Å². The fourth-order valence-corrected chi connectivity index (χ4v) is 2.64. The van der Waals surface area contributed by atoms with Crippen LogP contribution >= 0.6 is 0 Å². The van der Waals surface area contributed by atoms with Gasteiger partial charge >= 0.3 is 0 Å². The highest BCUT2D eigenvalue weighted by Crippen LogP contribution is 2.24. The number of aryl methyl sites for hydroxylation is 2. The average molecular weight is 352 g/mol. The van der Waals surface area contributed by atoms with Crippen LogP contribution in [0.1, 0.15) is 68.7 Å². The van der Waals surface area contributed by atoms with Gasteiger partial charge in [0.1, 0.15) is 0 Å². The summed E-state index contributed by atoms with van der Waals surface area (Å²) in [5.41, 5.74) is 5.07. The van der Waals surface area contributed by atoms with Gasteiger partial charge in [0.05, 0.1) is 0 Å². The summed E-state index contributed by atoms with van der Waals surface area (Å²) in [6, 6.07) is 16.9. The second-order valence-corrected chi connectivity index (χ2v) is 5.95. The van der Waals surface area contributed by atoms with Gasteiger partial charge in [-0.05, 0) is 63.4 Å². The largest absolute Gasteiger partial charge is 0.317 e. The zero-order valence-electron chi connectivity index (χ0n) is 17.6. The number of hydrogen-bond acceptors (Lipinski definition) is 1. The van der Waals surface area contributed by atoms with E-state index in [0.717, 1.165) is 11.5 Å². The monoisotopic (exact) mass is 351 g/mol. The van der Waals surface area contributed by atoms with E-state index < -0.39 is 0 Å². The third-order valence-electron chi connectivity index (χ3n) is 4.11. The van der Waals surface area contributed by atoms with Gasteiger partial charge in [-0.2, -0.15) is 0 Å². The topological polar surface area (TPSA) is 12.0 Å². The highest BCUT2D eigenvalue weighted by molar-refractivity contribution is 5.33. The molecule has 0 spiro atoms. The highest BCUT2D eigenvalue weighted by atomic mass is 14.9. The Labute approximate surface area is 162 Å². The molecule has 0 unspecified atom stereocenters. The third kappa shape index (κ3) is 9.44. The number of hydrogen-bond donors (Lipinski definition) is 1. The first kappa shape index (κ1) is 24.0. The molecule has 0 atom stereocenters. The van der Waals surface area contributed by atoms with Gasteiger partial charge < -0.3 is 5.32 Å². The summed E-state index contributed by atoms with van der Waals surface area (Å²) in [4.78, 5) is 0. The summed E-state index contributed by atoms with van der Waals surface area (Å²) in [7, 11) is 0. The molecule has 0 amide bonds. The van der Waals surface area contributed by atoms with Crippen molar-refractivity contribution in [1.29, 1.82) is 0 Å². The summed E-state index contributed by atoms with van der Waals surface area (Å²) >= 11 is 0. The maximum absolute atomic E-state index is 5.15. The molecule has 1 aliphatic heterocycles. The standard InChI is InChI=1S/C12H17N.C9H8.2C2H6/c1-10-2-4-11(5-3-10)12-6-8-13-9-7-12;1-3-9-6-4-8(2)5-7-9;2*1-2/h2-5,12-13H,6-9H2,1H3;1,4-7H,2H3;2*1-2H3. The molecule has 142 valence electrons. The Morgan fingerprint density at radius 2 is 1.19 bits per heavy atom. The van der Waals surface area contributed by atoms with E-state index in [9.17, 15) is 0 Å². The van der Waals surface area contributed by atoms with Gasteiger partial charge in [0.2, 0.25) is 0 Å². The summed E-state index contributed by atoms with van der Waals surface area (Å²) in [5.74, 6) is 3.35. The molecule has 1 N–H and O–H groups in total. The zero-order valence-corrected chi connectivity index (χ0v) is 17.6. The maximum atomic E-state index is 5.15. The highest BCUT2D eigenvalue weighted by Gasteiger charge is 2.14. The van der Waals surface area contributed by atoms with E-state index in [0.29, 0.717) is 0 Å². The Balaban J connectivity index is 0.000000422. The van der Waals surface area contributed by atoms with Gasteiger partial charge in [0.15, 0.2) is 0 Å². The smallest absolute Gasteiger partial charge is 0.0242 e. The molecule has 1 fully saturated rings. The zero-order chi connectivity index (χ0) is 19.8. The lowest BCUT2D eigenvalue weighted by atomic mass is 9.90. The molecule has 26 heavy (non-hydrogen) atoms. The molecule has 0 aliphatic carbocycles. The van der Waals surface area contributed by atoms with E-state index in [1.807, 2.05) is 58.9 Å². The predicted octanol–water partition coefficient (Wildman–Crippen LogP) is 6.49. The molecular weight excluding hydrogens is 314 g/mol. The van der Waals surface area contributed by atoms with E-state index in [1.54, 1.807) is 0 Å². The van der Waals surface area contributed by atoms with Gasteiger partial charge in [-0.15, -0.1) is 6.42 Å². The van der Waals surface area contributed by atoms with Crippen LogP contribution in [0.5, 0.6) is 0 Å². The van der Waals surface area contributed by atoms with Gasteiger partial charge in [0.25, 0.3) is 0 Å². The summed E-state index contributed by atoms with van der Waals surface area (Å²) in [6.45, 7) is 14.5. The summed E-state index contributed by atoms with van der Waals surface area (Å²) in [5, 5.41) is 3.40. The Bertz CT molecular complexity index is 596. The fraction of sp³-hybridized carbons (Fsp3) is 0.440.